The van der Waals surface area contributed by atoms with Crippen LogP contribution in [0.3, 0.4) is 0 Å². The second kappa shape index (κ2) is 3.28. The Balaban J connectivity index is 2.38. The molecular weight excluding hydrogens is 174 g/mol. The molecule has 1 aromatic rings. The highest BCUT2D eigenvalue weighted by molar-refractivity contribution is 5.45. The molecule has 0 aliphatic heterocycles. The van der Waals surface area contributed by atoms with Crippen LogP contribution in [0.15, 0.2) is 12.1 Å². The van der Waals surface area contributed by atoms with Gasteiger partial charge in [-0.1, -0.05) is 6.07 Å². The van der Waals surface area contributed by atoms with Crippen LogP contribution in [-0.2, 0) is 0 Å². The third-order valence-electron chi connectivity index (χ3n) is 3.02. The van der Waals surface area contributed by atoms with E-state index in [4.69, 9.17) is 10.5 Å². The number of nitrogens with two attached hydrogens (primary N) is 1. The molecule has 2 unspecified atom stereocenters. The lowest BCUT2D eigenvalue weighted by atomic mass is 10.0. The van der Waals surface area contributed by atoms with Crippen molar-refractivity contribution in [1.82, 2.24) is 0 Å². The minimum atomic E-state index is 0.376. The fourth-order valence-corrected chi connectivity index (χ4v) is 2.00. The highest BCUT2D eigenvalue weighted by atomic mass is 16.5. The van der Waals surface area contributed by atoms with Crippen LogP contribution in [0.25, 0.3) is 0 Å². The predicted molar refractivity (Wildman–Crippen MR) is 57.8 cm³/mol. The van der Waals surface area contributed by atoms with Gasteiger partial charge in [-0.25, -0.2) is 0 Å². The van der Waals surface area contributed by atoms with E-state index in [0.29, 0.717) is 12.0 Å². The lowest BCUT2D eigenvalue weighted by molar-refractivity contribution is 0.411. The molecule has 0 amide bonds. The highest BCUT2D eigenvalue weighted by Crippen LogP contribution is 2.42. The molecule has 0 radical (unpaired) electrons. The number of ether oxygens (including phenoxy) is 1. The van der Waals surface area contributed by atoms with E-state index in [1.165, 1.54) is 16.7 Å². The van der Waals surface area contributed by atoms with E-state index in [9.17, 15) is 0 Å². The first-order chi connectivity index (χ1) is 6.63. The molecule has 2 atom stereocenters. The van der Waals surface area contributed by atoms with Gasteiger partial charge in [-0.2, -0.15) is 0 Å². The molecular formula is C12H17NO. The van der Waals surface area contributed by atoms with Crippen LogP contribution in [0.2, 0.25) is 0 Å². The van der Waals surface area contributed by atoms with Gasteiger partial charge in [0.1, 0.15) is 5.75 Å². The lowest BCUT2D eigenvalue weighted by Crippen LogP contribution is -2.02. The Kier molecular flexibility index (Phi) is 2.23. The summed E-state index contributed by atoms with van der Waals surface area (Å²) in [5.74, 6) is 1.56. The fourth-order valence-electron chi connectivity index (χ4n) is 2.00. The summed E-state index contributed by atoms with van der Waals surface area (Å²) in [4.78, 5) is 0. The molecule has 0 bridgehead atoms. The van der Waals surface area contributed by atoms with Crippen molar-refractivity contribution in [3.8, 4) is 5.75 Å². The first kappa shape index (κ1) is 9.53. The third-order valence-corrected chi connectivity index (χ3v) is 3.02. The number of methoxy groups -OCH3 is 1. The van der Waals surface area contributed by atoms with Crippen LogP contribution in [-0.4, -0.2) is 13.2 Å². The Bertz CT molecular complexity index is 360. The Morgan fingerprint density at radius 2 is 1.93 bits per heavy atom. The summed E-state index contributed by atoms with van der Waals surface area (Å²) >= 11 is 0. The molecule has 1 saturated carbocycles. The SMILES string of the molecule is COc1cc(C)c(C2CC2N)cc1C. The van der Waals surface area contributed by atoms with Crippen molar-refractivity contribution in [2.45, 2.75) is 32.2 Å². The number of hydrogen-bond acceptors (Lipinski definition) is 2. The van der Waals surface area contributed by atoms with Gasteiger partial charge in [-0.15, -0.1) is 0 Å². The minimum absolute atomic E-state index is 0.376. The maximum absolute atomic E-state index is 5.86. The Morgan fingerprint density at radius 3 is 2.43 bits per heavy atom. The Hall–Kier alpha value is -1.02. The van der Waals surface area contributed by atoms with Gasteiger partial charge in [-0.05, 0) is 43.0 Å². The predicted octanol–water partition coefficient (Wildman–Crippen LogP) is 2.13. The van der Waals surface area contributed by atoms with Crippen LogP contribution >= 0.6 is 0 Å². The minimum Gasteiger partial charge on any atom is -0.496 e. The molecule has 76 valence electrons. The zero-order valence-corrected chi connectivity index (χ0v) is 9.00. The standard InChI is InChI=1S/C12H17NO/c1-7-5-12(14-3)8(2)4-9(7)10-6-11(10)13/h4-5,10-11H,6,13H2,1-3H3. The molecule has 0 heterocycles. The molecule has 1 aliphatic carbocycles. The summed E-state index contributed by atoms with van der Waals surface area (Å²) in [6, 6.07) is 4.70. The average molecular weight is 191 g/mol. The lowest BCUT2D eigenvalue weighted by Gasteiger charge is -2.10. The van der Waals surface area contributed by atoms with E-state index < -0.39 is 0 Å². The van der Waals surface area contributed by atoms with Gasteiger partial charge in [0.15, 0.2) is 0 Å². The van der Waals surface area contributed by atoms with Gasteiger partial charge in [0.25, 0.3) is 0 Å². The van der Waals surface area contributed by atoms with Crippen molar-refractivity contribution in [2.75, 3.05) is 7.11 Å². The molecule has 1 aliphatic rings. The Morgan fingerprint density at radius 1 is 1.29 bits per heavy atom. The smallest absolute Gasteiger partial charge is 0.122 e. The molecule has 2 heteroatoms. The van der Waals surface area contributed by atoms with Gasteiger partial charge in [0.05, 0.1) is 7.11 Å². The van der Waals surface area contributed by atoms with Gasteiger partial charge < -0.3 is 10.5 Å². The molecule has 0 spiro atoms. The first-order valence-corrected chi connectivity index (χ1v) is 5.04. The summed E-state index contributed by atoms with van der Waals surface area (Å²) in [5, 5.41) is 0. The molecule has 2 nitrogen and oxygen atoms in total. The highest BCUT2D eigenvalue weighted by Gasteiger charge is 2.35. The summed E-state index contributed by atoms with van der Waals surface area (Å²) in [7, 11) is 1.71. The number of rotatable bonds is 2. The van der Waals surface area contributed by atoms with Crippen molar-refractivity contribution in [1.29, 1.82) is 0 Å². The molecule has 0 aromatic heterocycles. The van der Waals surface area contributed by atoms with Crippen molar-refractivity contribution in [3.63, 3.8) is 0 Å². The second-order valence-electron chi connectivity index (χ2n) is 4.18. The quantitative estimate of drug-likeness (QED) is 0.777. The average Bonchev–Trinajstić information content (AvgIpc) is 2.86. The third kappa shape index (κ3) is 1.50. The molecule has 14 heavy (non-hydrogen) atoms. The van der Waals surface area contributed by atoms with E-state index in [1.807, 2.05) is 0 Å². The topological polar surface area (TPSA) is 35.2 Å². The van der Waals surface area contributed by atoms with E-state index in [0.717, 1.165) is 12.2 Å². The first-order valence-electron chi connectivity index (χ1n) is 5.04. The maximum Gasteiger partial charge on any atom is 0.122 e. The van der Waals surface area contributed by atoms with Crippen LogP contribution in [0.4, 0.5) is 0 Å². The van der Waals surface area contributed by atoms with Crippen molar-refractivity contribution in [3.05, 3.63) is 28.8 Å². The van der Waals surface area contributed by atoms with Crippen molar-refractivity contribution < 1.29 is 4.74 Å². The second-order valence-corrected chi connectivity index (χ2v) is 4.18. The molecule has 1 aromatic carbocycles. The van der Waals surface area contributed by atoms with E-state index in [1.54, 1.807) is 7.11 Å². The fraction of sp³-hybridized carbons (Fsp3) is 0.500. The van der Waals surface area contributed by atoms with Gasteiger partial charge in [0, 0.05) is 12.0 Å². The van der Waals surface area contributed by atoms with Crippen LogP contribution in [0.1, 0.15) is 29.0 Å². The number of hydrogen-bond donors (Lipinski definition) is 1. The molecule has 1 fully saturated rings. The Labute approximate surface area is 85.1 Å². The maximum atomic E-state index is 5.86. The number of benzene rings is 1. The largest absolute Gasteiger partial charge is 0.496 e. The monoisotopic (exact) mass is 191 g/mol. The zero-order chi connectivity index (χ0) is 10.3. The normalized spacial score (nSPS) is 24.9. The van der Waals surface area contributed by atoms with E-state index >= 15 is 0 Å². The van der Waals surface area contributed by atoms with Gasteiger partial charge >= 0.3 is 0 Å². The molecule has 2 N–H and O–H groups in total. The molecule has 0 saturated heterocycles. The van der Waals surface area contributed by atoms with Crippen molar-refractivity contribution >= 4 is 0 Å². The summed E-state index contributed by atoms with van der Waals surface area (Å²) in [6.45, 7) is 4.21. The summed E-state index contributed by atoms with van der Waals surface area (Å²) < 4.78 is 5.28. The van der Waals surface area contributed by atoms with E-state index in [-0.39, 0.29) is 0 Å². The van der Waals surface area contributed by atoms with Crippen LogP contribution in [0, 0.1) is 13.8 Å². The van der Waals surface area contributed by atoms with E-state index in [2.05, 4.69) is 26.0 Å². The van der Waals surface area contributed by atoms with Crippen LogP contribution < -0.4 is 10.5 Å². The van der Waals surface area contributed by atoms with Gasteiger partial charge in [-0.3, -0.25) is 0 Å². The van der Waals surface area contributed by atoms with Crippen LogP contribution in [0.5, 0.6) is 5.75 Å². The van der Waals surface area contributed by atoms with Crippen molar-refractivity contribution in [2.24, 2.45) is 5.73 Å². The van der Waals surface area contributed by atoms with Gasteiger partial charge in [0.2, 0.25) is 0 Å². The summed E-state index contributed by atoms with van der Waals surface area (Å²) in [6.07, 6.45) is 1.13. The summed E-state index contributed by atoms with van der Waals surface area (Å²) in [5.41, 5.74) is 9.75. The zero-order valence-electron chi connectivity index (χ0n) is 9.00. The molecule has 2 rings (SSSR count). The number of aryl methyl sites for hydroxylation is 2.